The molecule has 2 aromatic rings. The van der Waals surface area contributed by atoms with Crippen molar-refractivity contribution in [2.24, 2.45) is 0 Å². The van der Waals surface area contributed by atoms with E-state index in [2.05, 4.69) is 11.9 Å². The SMILES string of the molecule is CCCc1nc(-c2ccc(F)c(F)c2)c(N)s1. The van der Waals surface area contributed by atoms with Crippen LogP contribution in [0.15, 0.2) is 18.2 Å². The van der Waals surface area contributed by atoms with E-state index >= 15 is 0 Å². The Morgan fingerprint density at radius 1 is 1.29 bits per heavy atom. The van der Waals surface area contributed by atoms with Crippen molar-refractivity contribution in [3.05, 3.63) is 34.8 Å². The molecule has 17 heavy (non-hydrogen) atoms. The zero-order valence-corrected chi connectivity index (χ0v) is 10.2. The van der Waals surface area contributed by atoms with Crippen molar-refractivity contribution < 1.29 is 8.78 Å². The molecule has 0 radical (unpaired) electrons. The second-order valence-corrected chi connectivity index (χ2v) is 4.81. The van der Waals surface area contributed by atoms with Gasteiger partial charge in [0.2, 0.25) is 0 Å². The lowest BCUT2D eigenvalue weighted by molar-refractivity contribution is 0.509. The van der Waals surface area contributed by atoms with E-state index in [1.807, 2.05) is 0 Å². The molecule has 0 atom stereocenters. The third-order valence-electron chi connectivity index (χ3n) is 2.35. The summed E-state index contributed by atoms with van der Waals surface area (Å²) in [7, 11) is 0. The van der Waals surface area contributed by atoms with Gasteiger partial charge < -0.3 is 5.73 Å². The number of benzene rings is 1. The second kappa shape index (κ2) is 4.79. The van der Waals surface area contributed by atoms with Gasteiger partial charge in [0.05, 0.1) is 5.01 Å². The normalized spacial score (nSPS) is 10.8. The molecule has 0 aliphatic carbocycles. The lowest BCUT2D eigenvalue weighted by Crippen LogP contribution is -1.89. The number of nitrogens with zero attached hydrogens (tertiary/aromatic N) is 1. The summed E-state index contributed by atoms with van der Waals surface area (Å²) in [4.78, 5) is 4.34. The number of aromatic nitrogens is 1. The van der Waals surface area contributed by atoms with Crippen molar-refractivity contribution in [1.29, 1.82) is 0 Å². The molecular formula is C12H12F2N2S. The second-order valence-electron chi connectivity index (χ2n) is 3.70. The van der Waals surface area contributed by atoms with Crippen LogP contribution in [0, 0.1) is 11.6 Å². The topological polar surface area (TPSA) is 38.9 Å². The van der Waals surface area contributed by atoms with Crippen LogP contribution in [-0.4, -0.2) is 4.98 Å². The Bertz CT molecular complexity index is 537. The Labute approximate surface area is 102 Å². The molecule has 1 aromatic heterocycles. The van der Waals surface area contributed by atoms with Gasteiger partial charge in [0, 0.05) is 5.56 Å². The molecule has 5 heteroatoms. The fourth-order valence-corrected chi connectivity index (χ4v) is 2.51. The maximum absolute atomic E-state index is 13.1. The first-order chi connectivity index (χ1) is 8.11. The van der Waals surface area contributed by atoms with Crippen LogP contribution < -0.4 is 5.73 Å². The number of nitrogen functional groups attached to an aromatic ring is 1. The van der Waals surface area contributed by atoms with Crippen LogP contribution in [0.25, 0.3) is 11.3 Å². The lowest BCUT2D eigenvalue weighted by atomic mass is 10.1. The number of nitrogens with two attached hydrogens (primary N) is 1. The molecule has 0 amide bonds. The van der Waals surface area contributed by atoms with Crippen LogP contribution in [0.5, 0.6) is 0 Å². The third kappa shape index (κ3) is 2.44. The summed E-state index contributed by atoms with van der Waals surface area (Å²) in [6.07, 6.45) is 1.82. The maximum atomic E-state index is 13.1. The minimum absolute atomic E-state index is 0.514. The van der Waals surface area contributed by atoms with E-state index in [9.17, 15) is 8.78 Å². The Balaban J connectivity index is 2.41. The molecule has 1 aromatic carbocycles. The van der Waals surface area contributed by atoms with Crippen molar-refractivity contribution in [2.45, 2.75) is 19.8 Å². The highest BCUT2D eigenvalue weighted by Crippen LogP contribution is 2.31. The fraction of sp³-hybridized carbons (Fsp3) is 0.250. The van der Waals surface area contributed by atoms with E-state index in [1.165, 1.54) is 17.4 Å². The predicted octanol–water partition coefficient (Wildman–Crippen LogP) is 3.62. The number of rotatable bonds is 3. The van der Waals surface area contributed by atoms with Crippen LogP contribution in [-0.2, 0) is 6.42 Å². The van der Waals surface area contributed by atoms with E-state index in [0.717, 1.165) is 30.0 Å². The van der Waals surface area contributed by atoms with E-state index in [4.69, 9.17) is 5.73 Å². The van der Waals surface area contributed by atoms with Gasteiger partial charge in [0.25, 0.3) is 0 Å². The molecular weight excluding hydrogens is 242 g/mol. The monoisotopic (exact) mass is 254 g/mol. The van der Waals surface area contributed by atoms with E-state index in [0.29, 0.717) is 16.3 Å². The number of hydrogen-bond donors (Lipinski definition) is 1. The number of hydrogen-bond acceptors (Lipinski definition) is 3. The zero-order chi connectivity index (χ0) is 12.4. The van der Waals surface area contributed by atoms with E-state index in [-0.39, 0.29) is 0 Å². The average molecular weight is 254 g/mol. The van der Waals surface area contributed by atoms with Crippen LogP contribution in [0.4, 0.5) is 13.8 Å². The lowest BCUT2D eigenvalue weighted by Gasteiger charge is -1.99. The first-order valence-corrected chi connectivity index (χ1v) is 6.14. The molecule has 0 saturated carbocycles. The fourth-order valence-electron chi connectivity index (χ4n) is 1.55. The molecule has 2 rings (SSSR count). The average Bonchev–Trinajstić information content (AvgIpc) is 2.64. The van der Waals surface area contributed by atoms with Gasteiger partial charge in [-0.1, -0.05) is 6.92 Å². The molecule has 0 aliphatic heterocycles. The number of anilines is 1. The Kier molecular flexibility index (Phi) is 3.38. The largest absolute Gasteiger partial charge is 0.389 e. The summed E-state index contributed by atoms with van der Waals surface area (Å²) in [5.74, 6) is -1.75. The third-order valence-corrected chi connectivity index (χ3v) is 3.30. The van der Waals surface area contributed by atoms with Crippen LogP contribution in [0.3, 0.4) is 0 Å². The predicted molar refractivity (Wildman–Crippen MR) is 65.9 cm³/mol. The van der Waals surface area contributed by atoms with Crippen molar-refractivity contribution in [1.82, 2.24) is 4.98 Å². The van der Waals surface area contributed by atoms with Crippen molar-refractivity contribution in [3.8, 4) is 11.3 Å². The van der Waals surface area contributed by atoms with Gasteiger partial charge >= 0.3 is 0 Å². The number of aryl methyl sites for hydroxylation is 1. The summed E-state index contributed by atoms with van der Waals surface area (Å²) in [6, 6.07) is 3.69. The first kappa shape index (κ1) is 12.0. The van der Waals surface area contributed by atoms with Gasteiger partial charge in [-0.25, -0.2) is 13.8 Å². The van der Waals surface area contributed by atoms with Crippen molar-refractivity contribution in [2.75, 3.05) is 5.73 Å². The standard InChI is InChI=1S/C12H12F2N2S/c1-2-3-10-16-11(12(15)17-10)7-4-5-8(13)9(14)6-7/h4-6H,2-3,15H2,1H3. The molecule has 2 N–H and O–H groups in total. The molecule has 0 fully saturated rings. The number of thiazole rings is 1. The molecule has 0 bridgehead atoms. The summed E-state index contributed by atoms with van der Waals surface area (Å²) in [5, 5.41) is 1.46. The van der Waals surface area contributed by atoms with Gasteiger partial charge in [-0.05, 0) is 31.0 Å². The van der Waals surface area contributed by atoms with Crippen molar-refractivity contribution >= 4 is 16.3 Å². The molecule has 90 valence electrons. The minimum Gasteiger partial charge on any atom is -0.389 e. The minimum atomic E-state index is -0.882. The van der Waals surface area contributed by atoms with Gasteiger partial charge in [-0.15, -0.1) is 11.3 Å². The van der Waals surface area contributed by atoms with Crippen LogP contribution >= 0.6 is 11.3 Å². The van der Waals surface area contributed by atoms with E-state index in [1.54, 1.807) is 0 Å². The summed E-state index contributed by atoms with van der Waals surface area (Å²) >= 11 is 1.39. The Hall–Kier alpha value is -1.49. The highest BCUT2D eigenvalue weighted by Gasteiger charge is 2.12. The Morgan fingerprint density at radius 3 is 2.71 bits per heavy atom. The van der Waals surface area contributed by atoms with Gasteiger partial charge in [0.1, 0.15) is 10.7 Å². The van der Waals surface area contributed by atoms with Crippen LogP contribution in [0.1, 0.15) is 18.4 Å². The maximum Gasteiger partial charge on any atom is 0.159 e. The molecule has 0 saturated heterocycles. The molecule has 0 spiro atoms. The number of halogens is 2. The molecule has 1 heterocycles. The smallest absolute Gasteiger partial charge is 0.159 e. The van der Waals surface area contributed by atoms with Gasteiger partial charge in [-0.2, -0.15) is 0 Å². The first-order valence-electron chi connectivity index (χ1n) is 5.32. The highest BCUT2D eigenvalue weighted by molar-refractivity contribution is 7.16. The quantitative estimate of drug-likeness (QED) is 0.908. The molecule has 0 aliphatic rings. The molecule has 0 unspecified atom stereocenters. The Morgan fingerprint density at radius 2 is 2.06 bits per heavy atom. The van der Waals surface area contributed by atoms with Gasteiger partial charge in [-0.3, -0.25) is 0 Å². The highest BCUT2D eigenvalue weighted by atomic mass is 32.1. The van der Waals surface area contributed by atoms with Crippen molar-refractivity contribution in [3.63, 3.8) is 0 Å². The summed E-state index contributed by atoms with van der Waals surface area (Å²) < 4.78 is 25.9. The zero-order valence-electron chi connectivity index (χ0n) is 9.34. The van der Waals surface area contributed by atoms with Gasteiger partial charge in [0.15, 0.2) is 11.6 Å². The van der Waals surface area contributed by atoms with E-state index < -0.39 is 11.6 Å². The summed E-state index contributed by atoms with van der Waals surface area (Å²) in [5.41, 5.74) is 6.88. The van der Waals surface area contributed by atoms with Crippen LogP contribution in [0.2, 0.25) is 0 Å². The summed E-state index contributed by atoms with van der Waals surface area (Å²) in [6.45, 7) is 2.05. The molecule has 2 nitrogen and oxygen atoms in total.